The molecule has 1 aromatic heterocycles. The van der Waals surface area contributed by atoms with Gasteiger partial charge in [0.1, 0.15) is 24.0 Å². The van der Waals surface area contributed by atoms with Gasteiger partial charge in [-0.3, -0.25) is 9.48 Å². The number of aryl methyl sites for hydroxylation is 4. The Morgan fingerprint density at radius 3 is 2.79 bits per heavy atom. The molecule has 0 aliphatic heterocycles. The van der Waals surface area contributed by atoms with Crippen molar-refractivity contribution in [2.75, 3.05) is 19.7 Å². The summed E-state index contributed by atoms with van der Waals surface area (Å²) in [7, 11) is 0. The highest BCUT2D eigenvalue weighted by molar-refractivity contribution is 5.94. The van der Waals surface area contributed by atoms with E-state index < -0.39 is 0 Å². The van der Waals surface area contributed by atoms with Crippen molar-refractivity contribution in [2.24, 2.45) is 5.73 Å². The number of amides is 1. The molecule has 2 rings (SSSR count). The molecule has 24 heavy (non-hydrogen) atoms. The standard InChI is InChI=1S/C17H25N5O2/c1-12-5-6-15(11-16(12)24-10-7-18)17(23)19-8-4-9-22-14(3)20-13(2)21-22/h5-6,11H,4,7-10,18H2,1-3H3,(H,19,23). The second kappa shape index (κ2) is 8.44. The van der Waals surface area contributed by atoms with Gasteiger partial charge in [0.15, 0.2) is 0 Å². The molecule has 130 valence electrons. The van der Waals surface area contributed by atoms with E-state index in [4.69, 9.17) is 10.5 Å². The monoisotopic (exact) mass is 331 g/mol. The lowest BCUT2D eigenvalue weighted by Crippen LogP contribution is -2.25. The number of nitrogens with zero attached hydrogens (tertiary/aromatic N) is 3. The van der Waals surface area contributed by atoms with Crippen LogP contribution in [0.4, 0.5) is 0 Å². The molecule has 0 fully saturated rings. The molecule has 0 aliphatic rings. The number of nitrogens with one attached hydrogen (secondary N) is 1. The molecule has 0 saturated carbocycles. The number of ether oxygens (including phenoxy) is 1. The molecule has 1 heterocycles. The van der Waals surface area contributed by atoms with E-state index in [1.165, 1.54) is 0 Å². The van der Waals surface area contributed by atoms with Gasteiger partial charge in [-0.15, -0.1) is 0 Å². The zero-order valence-corrected chi connectivity index (χ0v) is 14.5. The van der Waals surface area contributed by atoms with E-state index in [-0.39, 0.29) is 5.91 Å². The maximum Gasteiger partial charge on any atom is 0.251 e. The summed E-state index contributed by atoms with van der Waals surface area (Å²) < 4.78 is 7.41. The van der Waals surface area contributed by atoms with Gasteiger partial charge < -0.3 is 15.8 Å². The zero-order valence-electron chi connectivity index (χ0n) is 14.5. The molecule has 1 amide bonds. The summed E-state index contributed by atoms with van der Waals surface area (Å²) in [6, 6.07) is 5.43. The highest BCUT2D eigenvalue weighted by atomic mass is 16.5. The van der Waals surface area contributed by atoms with E-state index in [0.717, 1.165) is 30.2 Å². The quantitative estimate of drug-likeness (QED) is 0.712. The molecule has 7 nitrogen and oxygen atoms in total. The lowest BCUT2D eigenvalue weighted by Gasteiger charge is -2.11. The van der Waals surface area contributed by atoms with Gasteiger partial charge >= 0.3 is 0 Å². The van der Waals surface area contributed by atoms with Gasteiger partial charge in [0.05, 0.1) is 0 Å². The Hall–Kier alpha value is -2.41. The molecule has 2 aromatic rings. The Kier molecular flexibility index (Phi) is 6.31. The highest BCUT2D eigenvalue weighted by Gasteiger charge is 2.09. The van der Waals surface area contributed by atoms with Gasteiger partial charge in [0, 0.05) is 25.2 Å². The fourth-order valence-corrected chi connectivity index (χ4v) is 2.37. The minimum Gasteiger partial charge on any atom is -0.492 e. The normalized spacial score (nSPS) is 10.7. The van der Waals surface area contributed by atoms with Crippen LogP contribution in [0, 0.1) is 20.8 Å². The number of nitrogens with two attached hydrogens (primary N) is 1. The summed E-state index contributed by atoms with van der Waals surface area (Å²) in [6.45, 7) is 7.91. The number of benzene rings is 1. The Labute approximate surface area is 142 Å². The minimum absolute atomic E-state index is 0.112. The molecule has 0 radical (unpaired) electrons. The van der Waals surface area contributed by atoms with Crippen molar-refractivity contribution >= 4 is 5.91 Å². The summed E-state index contributed by atoms with van der Waals surface area (Å²) >= 11 is 0. The molecular weight excluding hydrogens is 306 g/mol. The highest BCUT2D eigenvalue weighted by Crippen LogP contribution is 2.19. The lowest BCUT2D eigenvalue weighted by molar-refractivity contribution is 0.0952. The molecule has 3 N–H and O–H groups in total. The van der Waals surface area contributed by atoms with Crippen LogP contribution < -0.4 is 15.8 Å². The number of hydrogen-bond donors (Lipinski definition) is 2. The summed E-state index contributed by atoms with van der Waals surface area (Å²) in [5.74, 6) is 2.24. The minimum atomic E-state index is -0.112. The second-order valence-electron chi connectivity index (χ2n) is 5.66. The molecule has 0 unspecified atom stereocenters. The van der Waals surface area contributed by atoms with E-state index in [9.17, 15) is 4.79 Å². The number of aromatic nitrogens is 3. The van der Waals surface area contributed by atoms with Crippen molar-refractivity contribution < 1.29 is 9.53 Å². The van der Waals surface area contributed by atoms with Crippen LogP contribution in [0.5, 0.6) is 5.75 Å². The predicted octanol–water partition coefficient (Wildman–Crippen LogP) is 1.36. The molecule has 1 aromatic carbocycles. The third-order valence-corrected chi connectivity index (χ3v) is 3.62. The van der Waals surface area contributed by atoms with Crippen molar-refractivity contribution in [1.82, 2.24) is 20.1 Å². The zero-order chi connectivity index (χ0) is 17.5. The lowest BCUT2D eigenvalue weighted by atomic mass is 10.1. The fourth-order valence-electron chi connectivity index (χ4n) is 2.37. The van der Waals surface area contributed by atoms with E-state index >= 15 is 0 Å². The largest absolute Gasteiger partial charge is 0.492 e. The first-order valence-electron chi connectivity index (χ1n) is 8.11. The first-order valence-corrected chi connectivity index (χ1v) is 8.11. The Balaban J connectivity index is 1.85. The number of rotatable bonds is 8. The third kappa shape index (κ3) is 4.79. The van der Waals surface area contributed by atoms with Crippen molar-refractivity contribution in [3.05, 3.63) is 41.0 Å². The van der Waals surface area contributed by atoms with Crippen LogP contribution in [0.15, 0.2) is 18.2 Å². The summed E-state index contributed by atoms with van der Waals surface area (Å²) in [5.41, 5.74) is 7.02. The van der Waals surface area contributed by atoms with Crippen molar-refractivity contribution in [1.29, 1.82) is 0 Å². The van der Waals surface area contributed by atoms with Gasteiger partial charge in [-0.2, -0.15) is 5.10 Å². The number of hydrogen-bond acceptors (Lipinski definition) is 5. The van der Waals surface area contributed by atoms with Crippen LogP contribution in [0.2, 0.25) is 0 Å². The molecule has 7 heteroatoms. The van der Waals surface area contributed by atoms with Crippen molar-refractivity contribution in [3.8, 4) is 5.75 Å². The van der Waals surface area contributed by atoms with E-state index in [2.05, 4.69) is 15.4 Å². The topological polar surface area (TPSA) is 95.1 Å². The summed E-state index contributed by atoms with van der Waals surface area (Å²) in [5, 5.41) is 7.22. The van der Waals surface area contributed by atoms with Crippen LogP contribution in [0.25, 0.3) is 0 Å². The molecular formula is C17H25N5O2. The van der Waals surface area contributed by atoms with Gasteiger partial charge in [-0.25, -0.2) is 4.98 Å². The molecule has 0 bridgehead atoms. The van der Waals surface area contributed by atoms with Gasteiger partial charge in [0.2, 0.25) is 0 Å². The first kappa shape index (κ1) is 17.9. The molecule has 0 atom stereocenters. The summed E-state index contributed by atoms with van der Waals surface area (Å²) in [6.07, 6.45) is 0.789. The van der Waals surface area contributed by atoms with Gasteiger partial charge in [-0.05, 0) is 44.9 Å². The van der Waals surface area contributed by atoms with Gasteiger partial charge in [0.25, 0.3) is 5.91 Å². The second-order valence-corrected chi connectivity index (χ2v) is 5.66. The third-order valence-electron chi connectivity index (χ3n) is 3.62. The molecule has 0 spiro atoms. The van der Waals surface area contributed by atoms with Gasteiger partial charge in [-0.1, -0.05) is 6.07 Å². The fraction of sp³-hybridized carbons (Fsp3) is 0.471. The SMILES string of the molecule is Cc1nc(C)n(CCCNC(=O)c2ccc(C)c(OCCN)c2)n1. The van der Waals surface area contributed by atoms with Crippen molar-refractivity contribution in [3.63, 3.8) is 0 Å². The van der Waals surface area contributed by atoms with Crippen LogP contribution in [0.3, 0.4) is 0 Å². The molecule has 0 saturated heterocycles. The first-order chi connectivity index (χ1) is 11.5. The maximum atomic E-state index is 12.2. The van der Waals surface area contributed by atoms with E-state index in [0.29, 0.717) is 31.0 Å². The number of carbonyl (C=O) groups excluding carboxylic acids is 1. The van der Waals surface area contributed by atoms with Crippen LogP contribution >= 0.6 is 0 Å². The predicted molar refractivity (Wildman–Crippen MR) is 92.2 cm³/mol. The van der Waals surface area contributed by atoms with E-state index in [1.54, 1.807) is 12.1 Å². The van der Waals surface area contributed by atoms with Crippen LogP contribution in [-0.2, 0) is 6.54 Å². The smallest absolute Gasteiger partial charge is 0.251 e. The Morgan fingerprint density at radius 2 is 2.12 bits per heavy atom. The average Bonchev–Trinajstić information content (AvgIpc) is 2.88. The average molecular weight is 331 g/mol. The van der Waals surface area contributed by atoms with E-state index in [1.807, 2.05) is 31.5 Å². The molecule has 0 aliphatic carbocycles. The Morgan fingerprint density at radius 1 is 1.33 bits per heavy atom. The van der Waals surface area contributed by atoms with Crippen LogP contribution in [-0.4, -0.2) is 40.4 Å². The van der Waals surface area contributed by atoms with Crippen molar-refractivity contribution in [2.45, 2.75) is 33.7 Å². The maximum absolute atomic E-state index is 12.2. The van der Waals surface area contributed by atoms with Crippen LogP contribution in [0.1, 0.15) is 34.0 Å². The number of carbonyl (C=O) groups is 1. The summed E-state index contributed by atoms with van der Waals surface area (Å²) in [4.78, 5) is 16.5. The Bertz CT molecular complexity index is 696.